The van der Waals surface area contributed by atoms with Crippen LogP contribution in [0.4, 0.5) is 5.69 Å². The fraction of sp³-hybridized carbons (Fsp3) is 0.333. The molecule has 0 aromatic heterocycles. The first-order valence-corrected chi connectivity index (χ1v) is 10.3. The second kappa shape index (κ2) is 9.58. The zero-order chi connectivity index (χ0) is 19.1. The SMILES string of the molecule is CCc1ccccc1NC(=O)CC1CC(=O)NC(SCc2ccccc2)N1. The Morgan fingerprint density at radius 1 is 1.15 bits per heavy atom. The number of benzene rings is 2. The number of nitrogens with one attached hydrogen (secondary N) is 3. The van der Waals surface area contributed by atoms with Gasteiger partial charge in [-0.1, -0.05) is 55.5 Å². The molecule has 1 aliphatic rings. The van der Waals surface area contributed by atoms with Gasteiger partial charge in [-0.15, -0.1) is 11.8 Å². The normalized spacial score (nSPS) is 19.4. The van der Waals surface area contributed by atoms with Crippen LogP contribution in [-0.2, 0) is 21.8 Å². The van der Waals surface area contributed by atoms with E-state index < -0.39 is 0 Å². The average molecular weight is 384 g/mol. The Balaban J connectivity index is 1.53. The molecule has 2 unspecified atom stereocenters. The molecule has 6 heteroatoms. The molecular formula is C21H25N3O2S. The fourth-order valence-corrected chi connectivity index (χ4v) is 4.15. The lowest BCUT2D eigenvalue weighted by Gasteiger charge is -2.31. The van der Waals surface area contributed by atoms with Gasteiger partial charge in [0.25, 0.3) is 0 Å². The first-order valence-electron chi connectivity index (χ1n) is 9.22. The Bertz CT molecular complexity index is 782. The van der Waals surface area contributed by atoms with Crippen LogP contribution in [0.2, 0.25) is 0 Å². The Kier molecular flexibility index (Phi) is 6.90. The van der Waals surface area contributed by atoms with E-state index in [4.69, 9.17) is 0 Å². The van der Waals surface area contributed by atoms with Gasteiger partial charge in [0.2, 0.25) is 11.8 Å². The number of anilines is 1. The van der Waals surface area contributed by atoms with Crippen LogP contribution in [0.3, 0.4) is 0 Å². The van der Waals surface area contributed by atoms with Gasteiger partial charge in [-0.25, -0.2) is 0 Å². The highest BCUT2D eigenvalue weighted by Gasteiger charge is 2.27. The zero-order valence-electron chi connectivity index (χ0n) is 15.4. The molecule has 0 aliphatic carbocycles. The smallest absolute Gasteiger partial charge is 0.225 e. The molecule has 0 bridgehead atoms. The number of rotatable bonds is 7. The summed E-state index contributed by atoms with van der Waals surface area (Å²) >= 11 is 1.62. The van der Waals surface area contributed by atoms with Crippen molar-refractivity contribution in [2.75, 3.05) is 5.32 Å². The Hall–Kier alpha value is -2.31. The number of carbonyl (C=O) groups is 2. The van der Waals surface area contributed by atoms with Gasteiger partial charge in [0, 0.05) is 30.3 Å². The van der Waals surface area contributed by atoms with Crippen LogP contribution >= 0.6 is 11.8 Å². The van der Waals surface area contributed by atoms with Gasteiger partial charge >= 0.3 is 0 Å². The van der Waals surface area contributed by atoms with Crippen molar-refractivity contribution >= 4 is 29.3 Å². The first kappa shape index (κ1) is 19.5. The highest BCUT2D eigenvalue weighted by Crippen LogP contribution is 2.20. The molecule has 2 aromatic rings. The molecule has 1 fully saturated rings. The molecule has 0 spiro atoms. The van der Waals surface area contributed by atoms with E-state index in [1.54, 1.807) is 11.8 Å². The molecule has 0 radical (unpaired) electrons. The molecule has 142 valence electrons. The number of thioether (sulfide) groups is 1. The van der Waals surface area contributed by atoms with Crippen molar-refractivity contribution in [1.29, 1.82) is 0 Å². The van der Waals surface area contributed by atoms with Crippen LogP contribution in [0.5, 0.6) is 0 Å². The summed E-state index contributed by atoms with van der Waals surface area (Å²) in [5.41, 5.74) is 2.97. The number of hydrogen-bond acceptors (Lipinski definition) is 4. The summed E-state index contributed by atoms with van der Waals surface area (Å²) in [5, 5.41) is 9.29. The molecule has 1 saturated heterocycles. The van der Waals surface area contributed by atoms with E-state index in [0.29, 0.717) is 6.42 Å². The Labute approximate surface area is 164 Å². The van der Waals surface area contributed by atoms with E-state index >= 15 is 0 Å². The van der Waals surface area contributed by atoms with Crippen LogP contribution in [0.1, 0.15) is 30.9 Å². The number of amides is 2. The third kappa shape index (κ3) is 5.84. The van der Waals surface area contributed by atoms with Crippen molar-refractivity contribution in [1.82, 2.24) is 10.6 Å². The Morgan fingerprint density at radius 3 is 2.67 bits per heavy atom. The Morgan fingerprint density at radius 2 is 1.89 bits per heavy atom. The van der Waals surface area contributed by atoms with Gasteiger partial charge in [0.15, 0.2) is 0 Å². The van der Waals surface area contributed by atoms with E-state index in [-0.39, 0.29) is 29.8 Å². The lowest BCUT2D eigenvalue weighted by molar-refractivity contribution is -0.124. The number of aryl methyl sites for hydroxylation is 1. The minimum absolute atomic E-state index is 0.0222. The topological polar surface area (TPSA) is 70.2 Å². The van der Waals surface area contributed by atoms with E-state index in [9.17, 15) is 9.59 Å². The summed E-state index contributed by atoms with van der Waals surface area (Å²) in [6.07, 6.45) is 1.44. The van der Waals surface area contributed by atoms with Gasteiger partial charge in [0.1, 0.15) is 5.50 Å². The van der Waals surface area contributed by atoms with Gasteiger partial charge in [-0.05, 0) is 23.6 Å². The van der Waals surface area contributed by atoms with E-state index in [0.717, 1.165) is 23.4 Å². The molecule has 5 nitrogen and oxygen atoms in total. The lowest BCUT2D eigenvalue weighted by Crippen LogP contribution is -2.55. The highest BCUT2D eigenvalue weighted by molar-refractivity contribution is 7.99. The summed E-state index contributed by atoms with van der Waals surface area (Å²) in [6, 6.07) is 17.8. The largest absolute Gasteiger partial charge is 0.332 e. The maximum Gasteiger partial charge on any atom is 0.225 e. The molecule has 27 heavy (non-hydrogen) atoms. The summed E-state index contributed by atoms with van der Waals surface area (Å²) in [5.74, 6) is 0.697. The molecular weight excluding hydrogens is 358 g/mol. The van der Waals surface area contributed by atoms with Gasteiger partial charge in [-0.2, -0.15) is 0 Å². The second-order valence-electron chi connectivity index (χ2n) is 6.57. The molecule has 0 saturated carbocycles. The van der Waals surface area contributed by atoms with Crippen LogP contribution in [0.15, 0.2) is 54.6 Å². The third-order valence-electron chi connectivity index (χ3n) is 4.47. The van der Waals surface area contributed by atoms with Crippen LogP contribution in [-0.4, -0.2) is 23.4 Å². The molecule has 2 atom stereocenters. The van der Waals surface area contributed by atoms with E-state index in [2.05, 4.69) is 35.0 Å². The summed E-state index contributed by atoms with van der Waals surface area (Å²) in [7, 11) is 0. The first-order chi connectivity index (χ1) is 13.1. The minimum atomic E-state index is -0.188. The quantitative estimate of drug-likeness (QED) is 0.686. The lowest BCUT2D eigenvalue weighted by atomic mass is 10.1. The molecule has 3 rings (SSSR count). The molecule has 2 aromatic carbocycles. The summed E-state index contributed by atoms with van der Waals surface area (Å²) < 4.78 is 0. The molecule has 1 aliphatic heterocycles. The minimum Gasteiger partial charge on any atom is -0.332 e. The van der Waals surface area contributed by atoms with Crippen molar-refractivity contribution in [3.05, 3.63) is 65.7 Å². The number of carbonyl (C=O) groups excluding carboxylic acids is 2. The molecule has 2 amide bonds. The maximum atomic E-state index is 12.5. The van der Waals surface area contributed by atoms with Crippen LogP contribution in [0.25, 0.3) is 0 Å². The highest BCUT2D eigenvalue weighted by atomic mass is 32.2. The number of hydrogen-bond donors (Lipinski definition) is 3. The molecule has 3 N–H and O–H groups in total. The van der Waals surface area contributed by atoms with Gasteiger partial charge < -0.3 is 10.6 Å². The van der Waals surface area contributed by atoms with Crippen molar-refractivity contribution < 1.29 is 9.59 Å². The monoisotopic (exact) mass is 383 g/mol. The third-order valence-corrected chi connectivity index (χ3v) is 5.56. The van der Waals surface area contributed by atoms with Gasteiger partial charge in [0.05, 0.1) is 0 Å². The summed E-state index contributed by atoms with van der Waals surface area (Å²) in [4.78, 5) is 24.5. The predicted octanol–water partition coefficient (Wildman–Crippen LogP) is 3.27. The van der Waals surface area contributed by atoms with Crippen LogP contribution < -0.4 is 16.0 Å². The maximum absolute atomic E-state index is 12.5. The summed E-state index contributed by atoms with van der Waals surface area (Å²) in [6.45, 7) is 2.06. The van der Waals surface area contributed by atoms with E-state index in [1.165, 1.54) is 5.56 Å². The second-order valence-corrected chi connectivity index (χ2v) is 7.67. The van der Waals surface area contributed by atoms with Crippen molar-refractivity contribution in [2.24, 2.45) is 0 Å². The predicted molar refractivity (Wildman–Crippen MR) is 110 cm³/mol. The van der Waals surface area contributed by atoms with Gasteiger partial charge in [-0.3, -0.25) is 14.9 Å². The fourth-order valence-electron chi connectivity index (χ4n) is 3.09. The van der Waals surface area contributed by atoms with Crippen molar-refractivity contribution in [3.63, 3.8) is 0 Å². The molecule has 1 heterocycles. The van der Waals surface area contributed by atoms with Crippen molar-refractivity contribution in [2.45, 2.75) is 43.5 Å². The van der Waals surface area contributed by atoms with E-state index in [1.807, 2.05) is 42.5 Å². The average Bonchev–Trinajstić information content (AvgIpc) is 2.67. The number of para-hydroxylation sites is 1. The van der Waals surface area contributed by atoms with Crippen LogP contribution in [0, 0.1) is 0 Å². The van der Waals surface area contributed by atoms with Crippen molar-refractivity contribution in [3.8, 4) is 0 Å². The standard InChI is InChI=1S/C21H25N3O2S/c1-2-16-10-6-7-11-18(16)23-19(25)12-17-13-20(26)24-21(22-17)27-14-15-8-4-3-5-9-15/h3-11,17,21-22H,2,12-14H2,1H3,(H,23,25)(H,24,26). The zero-order valence-corrected chi connectivity index (χ0v) is 16.2.